The molecule has 1 aromatic rings. The summed E-state index contributed by atoms with van der Waals surface area (Å²) in [6.45, 7) is 2.05. The smallest absolute Gasteiger partial charge is 0.269 e. The van der Waals surface area contributed by atoms with Crippen LogP contribution in [0.2, 0.25) is 5.02 Å². The van der Waals surface area contributed by atoms with E-state index in [2.05, 4.69) is 18.3 Å². The number of benzene rings is 1. The largest absolute Gasteiger partial charge is 0.298 e. The predicted molar refractivity (Wildman–Crippen MR) is 96.4 cm³/mol. The first kappa shape index (κ1) is 17.4. The number of nitrogens with zero attached hydrogens (tertiary/aromatic N) is 1. The van der Waals surface area contributed by atoms with Gasteiger partial charge in [-0.05, 0) is 55.7 Å². The van der Waals surface area contributed by atoms with Crippen molar-refractivity contribution in [1.82, 2.24) is 5.32 Å². The highest BCUT2D eigenvalue weighted by atomic mass is 35.5. The first-order valence-corrected chi connectivity index (χ1v) is 8.13. The summed E-state index contributed by atoms with van der Waals surface area (Å²) in [4.78, 5) is 25.9. The van der Waals surface area contributed by atoms with Crippen LogP contribution in [0.1, 0.15) is 26.2 Å². The second-order valence-electron chi connectivity index (χ2n) is 4.95. The van der Waals surface area contributed by atoms with E-state index in [9.17, 15) is 9.59 Å². The number of anilines is 1. The zero-order valence-electron chi connectivity index (χ0n) is 12.7. The molecule has 1 aromatic carbocycles. The topological polar surface area (TPSA) is 49.4 Å². The highest BCUT2D eigenvalue weighted by molar-refractivity contribution is 7.80. The van der Waals surface area contributed by atoms with Crippen LogP contribution in [0.25, 0.3) is 0 Å². The molecule has 120 valence electrons. The van der Waals surface area contributed by atoms with Crippen molar-refractivity contribution in [2.75, 3.05) is 4.90 Å². The molecule has 0 radical (unpaired) electrons. The monoisotopic (exact) mass is 348 g/mol. The molecule has 0 atom stereocenters. The van der Waals surface area contributed by atoms with Gasteiger partial charge in [0.2, 0.25) is 0 Å². The number of hydrogen-bond donors (Lipinski definition) is 1. The van der Waals surface area contributed by atoms with Crippen LogP contribution >= 0.6 is 23.8 Å². The molecule has 4 nitrogen and oxygen atoms in total. The van der Waals surface area contributed by atoms with Crippen molar-refractivity contribution in [3.8, 4) is 0 Å². The molecule has 6 heteroatoms. The lowest BCUT2D eigenvalue weighted by Gasteiger charge is -2.28. The Kier molecular flexibility index (Phi) is 6.07. The average molecular weight is 349 g/mol. The number of thiocarbonyl (C=S) groups is 1. The lowest BCUT2D eigenvalue weighted by Crippen LogP contribution is -2.54. The summed E-state index contributed by atoms with van der Waals surface area (Å²) < 4.78 is 0. The van der Waals surface area contributed by atoms with Gasteiger partial charge in [0, 0.05) is 5.02 Å². The van der Waals surface area contributed by atoms with Gasteiger partial charge >= 0.3 is 0 Å². The third-order valence-corrected chi connectivity index (χ3v) is 3.81. The van der Waals surface area contributed by atoms with Gasteiger partial charge in [-0.1, -0.05) is 36.8 Å². The maximum atomic E-state index is 12.6. The number of hydrogen-bond acceptors (Lipinski definition) is 3. The van der Waals surface area contributed by atoms with Gasteiger partial charge in [-0.2, -0.15) is 0 Å². The van der Waals surface area contributed by atoms with Gasteiger partial charge in [0.05, 0.1) is 5.69 Å². The number of amides is 2. The molecule has 0 unspecified atom stereocenters. The molecule has 0 aromatic heterocycles. The Morgan fingerprint density at radius 3 is 2.52 bits per heavy atom. The first-order chi connectivity index (χ1) is 11.0. The number of nitrogens with one attached hydrogen (secondary N) is 1. The van der Waals surface area contributed by atoms with E-state index in [1.165, 1.54) is 4.90 Å². The van der Waals surface area contributed by atoms with E-state index in [-0.39, 0.29) is 10.7 Å². The van der Waals surface area contributed by atoms with Gasteiger partial charge in [-0.3, -0.25) is 19.8 Å². The minimum absolute atomic E-state index is 0.0744. The summed E-state index contributed by atoms with van der Waals surface area (Å²) in [5, 5.41) is 3.19. The normalized spacial score (nSPS) is 17.2. The molecule has 1 aliphatic rings. The molecule has 1 heterocycles. The molecule has 0 bridgehead atoms. The summed E-state index contributed by atoms with van der Waals surface area (Å²) in [6.07, 6.45) is 8.10. The molecule has 2 rings (SSSR count). The van der Waals surface area contributed by atoms with Crippen molar-refractivity contribution in [2.45, 2.75) is 26.2 Å². The van der Waals surface area contributed by atoms with Crippen LogP contribution in [0.5, 0.6) is 0 Å². The van der Waals surface area contributed by atoms with E-state index in [1.54, 1.807) is 30.3 Å². The summed E-state index contributed by atoms with van der Waals surface area (Å²) in [5.41, 5.74) is 0.680. The molecule has 1 fully saturated rings. The van der Waals surface area contributed by atoms with Crippen LogP contribution in [-0.2, 0) is 9.59 Å². The van der Waals surface area contributed by atoms with Crippen molar-refractivity contribution < 1.29 is 9.59 Å². The molecular formula is C17H17ClN2O2S. The zero-order valence-corrected chi connectivity index (χ0v) is 14.3. The average Bonchev–Trinajstić information content (AvgIpc) is 2.51. The molecule has 2 amide bonds. The summed E-state index contributed by atoms with van der Waals surface area (Å²) in [7, 11) is 0. The molecule has 0 spiro atoms. The van der Waals surface area contributed by atoms with Crippen LogP contribution < -0.4 is 10.2 Å². The van der Waals surface area contributed by atoms with E-state index in [0.29, 0.717) is 17.1 Å². The first-order valence-electron chi connectivity index (χ1n) is 7.35. The molecule has 23 heavy (non-hydrogen) atoms. The highest BCUT2D eigenvalue weighted by Crippen LogP contribution is 2.22. The van der Waals surface area contributed by atoms with Gasteiger partial charge < -0.3 is 0 Å². The molecule has 1 aliphatic heterocycles. The second kappa shape index (κ2) is 8.04. The zero-order chi connectivity index (χ0) is 16.8. The Morgan fingerprint density at radius 2 is 1.87 bits per heavy atom. The minimum Gasteiger partial charge on any atom is -0.298 e. The van der Waals surface area contributed by atoms with Gasteiger partial charge in [0.25, 0.3) is 11.8 Å². The van der Waals surface area contributed by atoms with Crippen molar-refractivity contribution in [2.24, 2.45) is 0 Å². The molecule has 1 saturated heterocycles. The Bertz CT molecular complexity index is 680. The number of allylic oxidation sites excluding steroid dienone is 3. The van der Waals surface area contributed by atoms with Gasteiger partial charge in [-0.15, -0.1) is 0 Å². The maximum absolute atomic E-state index is 12.6. The lowest BCUT2D eigenvalue weighted by atomic mass is 10.1. The fourth-order valence-electron chi connectivity index (χ4n) is 2.14. The van der Waals surface area contributed by atoms with Crippen LogP contribution in [0.15, 0.2) is 48.1 Å². The Balaban J connectivity index is 2.21. The van der Waals surface area contributed by atoms with E-state index < -0.39 is 11.8 Å². The number of halogens is 1. The molecule has 1 N–H and O–H groups in total. The fourth-order valence-corrected chi connectivity index (χ4v) is 2.55. The molecular weight excluding hydrogens is 332 g/mol. The standard InChI is InChI=1S/C17H17ClN2O2S/c1-2-3-4-5-6-7-14-15(21)19-17(23)20(16(14)22)13-10-8-12(18)9-11-13/h3-4,7-11H,2,5-6H2,1H3,(H,19,21,23)/b4-3+,14-7-. The Morgan fingerprint density at radius 1 is 1.17 bits per heavy atom. The predicted octanol–water partition coefficient (Wildman–Crippen LogP) is 3.76. The minimum atomic E-state index is -0.454. The number of rotatable bonds is 5. The Hall–Kier alpha value is -1.98. The van der Waals surface area contributed by atoms with Gasteiger partial charge in [-0.25, -0.2) is 0 Å². The van der Waals surface area contributed by atoms with Gasteiger partial charge in [0.1, 0.15) is 5.57 Å². The number of unbranched alkanes of at least 4 members (excludes halogenated alkanes) is 1. The Labute approximate surface area is 145 Å². The summed E-state index contributed by atoms with van der Waals surface area (Å²) in [6, 6.07) is 6.71. The van der Waals surface area contributed by atoms with Crippen molar-refractivity contribution in [3.63, 3.8) is 0 Å². The van der Waals surface area contributed by atoms with E-state index >= 15 is 0 Å². The maximum Gasteiger partial charge on any atom is 0.269 e. The van der Waals surface area contributed by atoms with Crippen LogP contribution in [0.3, 0.4) is 0 Å². The van der Waals surface area contributed by atoms with Gasteiger partial charge in [0.15, 0.2) is 5.11 Å². The van der Waals surface area contributed by atoms with Crippen LogP contribution in [0.4, 0.5) is 5.69 Å². The third kappa shape index (κ3) is 4.27. The summed E-state index contributed by atoms with van der Waals surface area (Å²) >= 11 is 11.0. The lowest BCUT2D eigenvalue weighted by molar-refractivity contribution is -0.122. The van der Waals surface area contributed by atoms with E-state index in [0.717, 1.165) is 12.8 Å². The third-order valence-electron chi connectivity index (χ3n) is 3.27. The molecule has 0 saturated carbocycles. The second-order valence-corrected chi connectivity index (χ2v) is 5.77. The van der Waals surface area contributed by atoms with Crippen LogP contribution in [0, 0.1) is 0 Å². The fraction of sp³-hybridized carbons (Fsp3) is 0.235. The van der Waals surface area contributed by atoms with Crippen molar-refractivity contribution in [3.05, 3.63) is 53.1 Å². The molecule has 0 aliphatic carbocycles. The SMILES string of the molecule is CC/C=C/CC/C=C1/C(=O)NC(=S)N(c2ccc(Cl)cc2)C1=O. The summed E-state index contributed by atoms with van der Waals surface area (Å²) in [5.74, 6) is -0.870. The number of carbonyl (C=O) groups excluding carboxylic acids is 2. The quantitative estimate of drug-likeness (QED) is 0.290. The van der Waals surface area contributed by atoms with Crippen molar-refractivity contribution in [1.29, 1.82) is 0 Å². The highest BCUT2D eigenvalue weighted by Gasteiger charge is 2.34. The number of carbonyl (C=O) groups is 2. The van der Waals surface area contributed by atoms with Crippen LogP contribution in [-0.4, -0.2) is 16.9 Å². The van der Waals surface area contributed by atoms with E-state index in [1.807, 2.05) is 6.08 Å². The van der Waals surface area contributed by atoms with Crippen molar-refractivity contribution >= 4 is 46.4 Å². The van der Waals surface area contributed by atoms with E-state index in [4.69, 9.17) is 23.8 Å².